The highest BCUT2D eigenvalue weighted by atomic mass is 32.2. The third-order valence-corrected chi connectivity index (χ3v) is 6.03. The summed E-state index contributed by atoms with van der Waals surface area (Å²) in [6, 6.07) is 5.63. The molecule has 0 spiro atoms. The van der Waals surface area contributed by atoms with Gasteiger partial charge in [-0.05, 0) is 37.8 Å². The highest BCUT2D eigenvalue weighted by Gasteiger charge is 2.26. The van der Waals surface area contributed by atoms with E-state index in [2.05, 4.69) is 42.8 Å². The molecule has 17 heavy (non-hydrogen) atoms. The molecule has 2 unspecified atom stereocenters. The monoisotopic (exact) mass is 270 g/mol. The van der Waals surface area contributed by atoms with Crippen molar-refractivity contribution in [3.8, 4) is 0 Å². The van der Waals surface area contributed by atoms with Crippen LogP contribution in [-0.4, -0.2) is 36.0 Å². The zero-order chi connectivity index (χ0) is 12.3. The van der Waals surface area contributed by atoms with Crippen molar-refractivity contribution >= 4 is 23.1 Å². The molecular weight excluding hydrogens is 248 g/mol. The van der Waals surface area contributed by atoms with Crippen LogP contribution in [0.1, 0.15) is 29.1 Å². The maximum atomic E-state index is 5.98. The van der Waals surface area contributed by atoms with E-state index in [1.54, 1.807) is 0 Å². The fourth-order valence-corrected chi connectivity index (χ4v) is 4.74. The Morgan fingerprint density at radius 1 is 1.53 bits per heavy atom. The molecule has 1 aromatic rings. The van der Waals surface area contributed by atoms with Crippen molar-refractivity contribution in [2.24, 2.45) is 5.73 Å². The summed E-state index contributed by atoms with van der Waals surface area (Å²) in [6.45, 7) is 2.94. The van der Waals surface area contributed by atoms with Gasteiger partial charge in [0, 0.05) is 28.1 Å². The molecule has 0 saturated carbocycles. The van der Waals surface area contributed by atoms with Crippen LogP contribution in [0.5, 0.6) is 0 Å². The summed E-state index contributed by atoms with van der Waals surface area (Å²) in [4.78, 5) is 5.39. The molecule has 1 aromatic heterocycles. The lowest BCUT2D eigenvalue weighted by Gasteiger charge is -2.31. The molecule has 4 heteroatoms. The molecule has 0 radical (unpaired) electrons. The third-order valence-electron chi connectivity index (χ3n) is 3.56. The highest BCUT2D eigenvalue weighted by molar-refractivity contribution is 7.99. The van der Waals surface area contributed by atoms with E-state index in [0.717, 1.165) is 13.0 Å². The summed E-state index contributed by atoms with van der Waals surface area (Å²) < 4.78 is 0. The van der Waals surface area contributed by atoms with Gasteiger partial charge in [0.2, 0.25) is 0 Å². The van der Waals surface area contributed by atoms with Gasteiger partial charge >= 0.3 is 0 Å². The van der Waals surface area contributed by atoms with E-state index < -0.39 is 0 Å². The van der Waals surface area contributed by atoms with Crippen LogP contribution in [0.25, 0.3) is 0 Å². The number of aryl methyl sites for hydroxylation is 1. The second-order valence-corrected chi connectivity index (χ2v) is 6.94. The summed E-state index contributed by atoms with van der Waals surface area (Å²) in [7, 11) is 2.24. The van der Waals surface area contributed by atoms with Crippen LogP contribution in [0.2, 0.25) is 0 Å². The van der Waals surface area contributed by atoms with E-state index in [1.807, 2.05) is 11.3 Å². The Hall–Kier alpha value is -0.0300. The lowest BCUT2D eigenvalue weighted by atomic mass is 10.1. The molecule has 2 heterocycles. The summed E-state index contributed by atoms with van der Waals surface area (Å²) in [5.41, 5.74) is 5.98. The van der Waals surface area contributed by atoms with Crippen LogP contribution in [0.4, 0.5) is 0 Å². The minimum absolute atomic E-state index is 0.406. The lowest BCUT2D eigenvalue weighted by molar-refractivity contribution is 0.195. The molecule has 2 rings (SSSR count). The molecular formula is C13H22N2S2. The molecule has 1 fully saturated rings. The van der Waals surface area contributed by atoms with Gasteiger partial charge in [-0.15, -0.1) is 11.3 Å². The van der Waals surface area contributed by atoms with Gasteiger partial charge in [0.05, 0.1) is 6.04 Å². The zero-order valence-corrected chi connectivity index (χ0v) is 12.3. The number of rotatable bonds is 5. The molecule has 1 saturated heterocycles. The second-order valence-electron chi connectivity index (χ2n) is 4.59. The number of thioether (sulfide) groups is 1. The average molecular weight is 270 g/mol. The SMILES string of the molecule is CCc1ccc(C(CN)N(C)C2CCSC2)s1. The molecule has 0 bridgehead atoms. The fraction of sp³-hybridized carbons (Fsp3) is 0.692. The van der Waals surface area contributed by atoms with E-state index in [-0.39, 0.29) is 0 Å². The van der Waals surface area contributed by atoms with Crippen LogP contribution in [0.15, 0.2) is 12.1 Å². The molecule has 2 N–H and O–H groups in total. The predicted molar refractivity (Wildman–Crippen MR) is 79.0 cm³/mol. The standard InChI is InChI=1S/C13H22N2S2/c1-3-11-4-5-13(17-11)12(8-14)15(2)10-6-7-16-9-10/h4-5,10,12H,3,6-9,14H2,1-2H3. The van der Waals surface area contributed by atoms with Gasteiger partial charge in [-0.1, -0.05) is 6.92 Å². The lowest BCUT2D eigenvalue weighted by Crippen LogP contribution is -2.38. The molecule has 0 amide bonds. The largest absolute Gasteiger partial charge is 0.329 e. The van der Waals surface area contributed by atoms with Crippen LogP contribution < -0.4 is 5.73 Å². The Morgan fingerprint density at radius 2 is 2.35 bits per heavy atom. The zero-order valence-electron chi connectivity index (χ0n) is 10.7. The van der Waals surface area contributed by atoms with Crippen molar-refractivity contribution in [3.63, 3.8) is 0 Å². The number of thiophene rings is 1. The van der Waals surface area contributed by atoms with Gasteiger partial charge < -0.3 is 5.73 Å². The van der Waals surface area contributed by atoms with E-state index in [1.165, 1.54) is 27.7 Å². The van der Waals surface area contributed by atoms with Crippen molar-refractivity contribution in [1.82, 2.24) is 4.90 Å². The Morgan fingerprint density at radius 3 is 2.88 bits per heavy atom. The highest BCUT2D eigenvalue weighted by Crippen LogP contribution is 2.31. The molecule has 2 nitrogen and oxygen atoms in total. The van der Waals surface area contributed by atoms with Gasteiger partial charge in [-0.2, -0.15) is 11.8 Å². The first-order valence-corrected chi connectivity index (χ1v) is 8.31. The smallest absolute Gasteiger partial charge is 0.0564 e. The van der Waals surface area contributed by atoms with Crippen molar-refractivity contribution in [2.75, 3.05) is 25.1 Å². The summed E-state index contributed by atoms with van der Waals surface area (Å²) in [5, 5.41) is 0. The number of hydrogen-bond acceptors (Lipinski definition) is 4. The van der Waals surface area contributed by atoms with Crippen LogP contribution in [0, 0.1) is 0 Å². The average Bonchev–Trinajstić information content (AvgIpc) is 3.01. The number of hydrogen-bond donors (Lipinski definition) is 1. The van der Waals surface area contributed by atoms with E-state index in [0.29, 0.717) is 12.1 Å². The maximum absolute atomic E-state index is 5.98. The van der Waals surface area contributed by atoms with E-state index >= 15 is 0 Å². The van der Waals surface area contributed by atoms with E-state index in [4.69, 9.17) is 5.73 Å². The molecule has 1 aliphatic rings. The van der Waals surface area contributed by atoms with Crippen LogP contribution in [0.3, 0.4) is 0 Å². The van der Waals surface area contributed by atoms with Crippen molar-refractivity contribution < 1.29 is 0 Å². The molecule has 0 aliphatic carbocycles. The first-order chi connectivity index (χ1) is 8.26. The first-order valence-electron chi connectivity index (χ1n) is 6.34. The van der Waals surface area contributed by atoms with Crippen molar-refractivity contribution in [1.29, 1.82) is 0 Å². The summed E-state index contributed by atoms with van der Waals surface area (Å²) >= 11 is 3.99. The normalized spacial score (nSPS) is 22.2. The van der Waals surface area contributed by atoms with Gasteiger partial charge in [0.1, 0.15) is 0 Å². The summed E-state index contributed by atoms with van der Waals surface area (Å²) in [6.07, 6.45) is 2.44. The number of nitrogens with zero attached hydrogens (tertiary/aromatic N) is 1. The van der Waals surface area contributed by atoms with Crippen LogP contribution in [-0.2, 0) is 6.42 Å². The Labute approximate surface area is 113 Å². The first kappa shape index (κ1) is 13.4. The quantitative estimate of drug-likeness (QED) is 0.892. The Kier molecular flexibility index (Phi) is 4.91. The molecule has 1 aliphatic heterocycles. The fourth-order valence-electron chi connectivity index (χ4n) is 2.34. The minimum atomic E-state index is 0.406. The Bertz CT molecular complexity index is 345. The number of nitrogens with two attached hydrogens (primary N) is 1. The topological polar surface area (TPSA) is 29.3 Å². The third kappa shape index (κ3) is 3.05. The molecule has 2 atom stereocenters. The van der Waals surface area contributed by atoms with Crippen LogP contribution >= 0.6 is 23.1 Å². The minimum Gasteiger partial charge on any atom is -0.329 e. The predicted octanol–water partition coefficient (Wildman–Crippen LogP) is 2.75. The summed E-state index contributed by atoms with van der Waals surface area (Å²) in [5.74, 6) is 2.57. The van der Waals surface area contributed by atoms with Gasteiger partial charge in [-0.3, -0.25) is 4.90 Å². The van der Waals surface area contributed by atoms with Crippen molar-refractivity contribution in [3.05, 3.63) is 21.9 Å². The van der Waals surface area contributed by atoms with Gasteiger partial charge in [-0.25, -0.2) is 0 Å². The number of likely N-dealkylation sites (N-methyl/N-ethyl adjacent to an activating group) is 1. The second kappa shape index (κ2) is 6.23. The van der Waals surface area contributed by atoms with Crippen molar-refractivity contribution in [2.45, 2.75) is 31.8 Å². The Balaban J connectivity index is 2.08. The maximum Gasteiger partial charge on any atom is 0.0564 e. The molecule has 96 valence electrons. The van der Waals surface area contributed by atoms with Gasteiger partial charge in [0.25, 0.3) is 0 Å². The molecule has 0 aromatic carbocycles. The van der Waals surface area contributed by atoms with Gasteiger partial charge in [0.15, 0.2) is 0 Å². The van der Waals surface area contributed by atoms with E-state index in [9.17, 15) is 0 Å².